The molecule has 6 rings (SSSR count). The fourth-order valence-corrected chi connectivity index (χ4v) is 6.28. The highest BCUT2D eigenvalue weighted by molar-refractivity contribution is 6.30. The summed E-state index contributed by atoms with van der Waals surface area (Å²) in [6, 6.07) is 18.4. The predicted molar refractivity (Wildman–Crippen MR) is 157 cm³/mol. The number of methoxy groups -OCH3 is 1. The van der Waals surface area contributed by atoms with E-state index in [9.17, 15) is 9.59 Å². The number of amides is 2. The van der Waals surface area contributed by atoms with Gasteiger partial charge in [0.2, 0.25) is 11.8 Å². The molecule has 0 spiro atoms. The first-order chi connectivity index (χ1) is 19.9. The molecule has 4 aromatic rings. The van der Waals surface area contributed by atoms with Crippen molar-refractivity contribution in [3.8, 4) is 5.75 Å². The van der Waals surface area contributed by atoms with Gasteiger partial charge in [0.15, 0.2) is 0 Å². The Labute approximate surface area is 243 Å². The van der Waals surface area contributed by atoms with Crippen molar-refractivity contribution in [2.24, 2.45) is 13.0 Å². The summed E-state index contributed by atoms with van der Waals surface area (Å²) in [4.78, 5) is 29.5. The number of hydrogen-bond acceptors (Lipinski definition) is 6. The summed E-state index contributed by atoms with van der Waals surface area (Å²) < 4.78 is 7.01. The zero-order valence-corrected chi connectivity index (χ0v) is 23.9. The lowest BCUT2D eigenvalue weighted by Crippen LogP contribution is -2.50. The van der Waals surface area contributed by atoms with Gasteiger partial charge in [0.05, 0.1) is 12.6 Å². The molecule has 0 bridgehead atoms. The Balaban J connectivity index is 1.22. The summed E-state index contributed by atoms with van der Waals surface area (Å²) >= 11 is 6.24. The van der Waals surface area contributed by atoms with E-state index in [1.807, 2.05) is 67.7 Å². The number of hydrogen-bond donors (Lipinski definition) is 2. The molecule has 1 aromatic heterocycles. The van der Waals surface area contributed by atoms with E-state index in [4.69, 9.17) is 16.3 Å². The number of aromatic nitrogens is 3. The second-order valence-electron chi connectivity index (χ2n) is 10.9. The van der Waals surface area contributed by atoms with Crippen LogP contribution >= 0.6 is 11.6 Å². The first-order valence-corrected chi connectivity index (χ1v) is 14.3. The Morgan fingerprint density at radius 1 is 1.10 bits per heavy atom. The molecule has 3 atom stereocenters. The van der Waals surface area contributed by atoms with Gasteiger partial charge in [-0.05, 0) is 83.8 Å². The number of carbonyl (C=O) groups is 2. The number of nitrogens with zero attached hydrogens (tertiary/aromatic N) is 4. The minimum atomic E-state index is -0.564. The third-order valence-corrected chi connectivity index (χ3v) is 8.44. The molecule has 2 amide bonds. The number of carbonyl (C=O) groups excluding carboxylic acids is 2. The van der Waals surface area contributed by atoms with Crippen LogP contribution in [0.3, 0.4) is 0 Å². The zero-order valence-electron chi connectivity index (χ0n) is 23.1. The van der Waals surface area contributed by atoms with Gasteiger partial charge in [0, 0.05) is 31.7 Å². The van der Waals surface area contributed by atoms with Gasteiger partial charge >= 0.3 is 0 Å². The monoisotopic (exact) mass is 572 g/mol. The van der Waals surface area contributed by atoms with E-state index >= 15 is 0 Å². The molecule has 3 unspecified atom stereocenters. The number of rotatable bonds is 7. The van der Waals surface area contributed by atoms with E-state index < -0.39 is 12.1 Å². The number of nitrogens with one attached hydrogen (secondary N) is 2. The molecule has 212 valence electrons. The summed E-state index contributed by atoms with van der Waals surface area (Å²) in [5.74, 6) is 0.719. The van der Waals surface area contributed by atoms with Crippen molar-refractivity contribution in [3.63, 3.8) is 0 Å². The van der Waals surface area contributed by atoms with E-state index in [-0.39, 0.29) is 17.7 Å². The highest BCUT2D eigenvalue weighted by Crippen LogP contribution is 2.33. The average molecular weight is 573 g/mol. The number of ether oxygens (including phenoxy) is 1. The Hall–Kier alpha value is -3.95. The maximum Gasteiger partial charge on any atom is 0.245 e. The van der Waals surface area contributed by atoms with E-state index in [2.05, 4.69) is 20.9 Å². The molecule has 1 fully saturated rings. The number of halogens is 1. The van der Waals surface area contributed by atoms with Gasteiger partial charge < -0.3 is 20.3 Å². The van der Waals surface area contributed by atoms with Gasteiger partial charge in [-0.1, -0.05) is 41.1 Å². The summed E-state index contributed by atoms with van der Waals surface area (Å²) in [5, 5.41) is 15.4. The lowest BCUT2D eigenvalue weighted by Gasteiger charge is -2.32. The molecule has 10 heteroatoms. The minimum absolute atomic E-state index is 0.0772. The summed E-state index contributed by atoms with van der Waals surface area (Å²) in [6.07, 6.45) is 2.16. The lowest BCUT2D eigenvalue weighted by atomic mass is 9.93. The Bertz CT molecular complexity index is 1590. The lowest BCUT2D eigenvalue weighted by molar-refractivity contribution is -0.140. The number of likely N-dealkylation sites (tertiary alicyclic amines) is 1. The fourth-order valence-electron chi connectivity index (χ4n) is 6.08. The molecule has 2 N–H and O–H groups in total. The number of fused-ring (bicyclic) bond motifs is 2. The third-order valence-electron chi connectivity index (χ3n) is 8.20. The molecule has 3 heterocycles. The SMILES string of the molecule is COc1ccc(CC2CC(C(=O)NCc3ccc4c(c3)nnn4C)N(C(=O)C3NCCc4cc(Cl)ccc43)C2)cc1. The van der Waals surface area contributed by atoms with Crippen LogP contribution in [-0.2, 0) is 36.0 Å². The number of benzene rings is 3. The maximum absolute atomic E-state index is 14.1. The van der Waals surface area contributed by atoms with Crippen LogP contribution in [0.1, 0.15) is 34.7 Å². The highest BCUT2D eigenvalue weighted by Gasteiger charge is 2.42. The van der Waals surface area contributed by atoms with Crippen LogP contribution < -0.4 is 15.4 Å². The summed E-state index contributed by atoms with van der Waals surface area (Å²) in [7, 11) is 3.49. The minimum Gasteiger partial charge on any atom is -0.497 e. The van der Waals surface area contributed by atoms with Crippen LogP contribution in [0.25, 0.3) is 11.0 Å². The normalized spacial score (nSPS) is 20.2. The fraction of sp³-hybridized carbons (Fsp3) is 0.355. The van der Waals surface area contributed by atoms with Gasteiger partial charge in [0.1, 0.15) is 23.3 Å². The van der Waals surface area contributed by atoms with Crippen molar-refractivity contribution in [1.29, 1.82) is 0 Å². The van der Waals surface area contributed by atoms with E-state index in [0.717, 1.165) is 51.9 Å². The van der Waals surface area contributed by atoms with Crippen molar-refractivity contribution in [3.05, 3.63) is 87.9 Å². The van der Waals surface area contributed by atoms with Crippen molar-refractivity contribution in [2.45, 2.75) is 37.9 Å². The van der Waals surface area contributed by atoms with E-state index in [1.54, 1.807) is 16.7 Å². The van der Waals surface area contributed by atoms with Gasteiger partial charge in [-0.3, -0.25) is 9.59 Å². The van der Waals surface area contributed by atoms with Gasteiger partial charge in [-0.15, -0.1) is 5.10 Å². The van der Waals surface area contributed by atoms with Gasteiger partial charge in [0.25, 0.3) is 0 Å². The van der Waals surface area contributed by atoms with Crippen molar-refractivity contribution >= 4 is 34.4 Å². The van der Waals surface area contributed by atoms with Crippen molar-refractivity contribution in [1.82, 2.24) is 30.5 Å². The van der Waals surface area contributed by atoms with Gasteiger partial charge in [-0.2, -0.15) is 0 Å². The molecule has 0 saturated carbocycles. The van der Waals surface area contributed by atoms with Crippen molar-refractivity contribution in [2.75, 3.05) is 20.2 Å². The Kier molecular flexibility index (Phi) is 7.64. The first-order valence-electron chi connectivity index (χ1n) is 13.9. The smallest absolute Gasteiger partial charge is 0.245 e. The Morgan fingerprint density at radius 2 is 1.90 bits per heavy atom. The molecular formula is C31H33ClN6O3. The second kappa shape index (κ2) is 11.5. The zero-order chi connectivity index (χ0) is 28.5. The van der Waals surface area contributed by atoms with Crippen LogP contribution in [0.4, 0.5) is 0 Å². The maximum atomic E-state index is 14.1. The van der Waals surface area contributed by atoms with E-state index in [0.29, 0.717) is 31.1 Å². The molecule has 9 nitrogen and oxygen atoms in total. The molecule has 0 aliphatic carbocycles. The molecule has 0 radical (unpaired) electrons. The third kappa shape index (κ3) is 5.64. The molecule has 1 saturated heterocycles. The molecule has 2 aliphatic rings. The van der Waals surface area contributed by atoms with Gasteiger partial charge in [-0.25, -0.2) is 4.68 Å². The predicted octanol–water partition coefficient (Wildman–Crippen LogP) is 3.59. The van der Waals surface area contributed by atoms with Crippen LogP contribution in [0.5, 0.6) is 5.75 Å². The van der Waals surface area contributed by atoms with Crippen molar-refractivity contribution < 1.29 is 14.3 Å². The second-order valence-corrected chi connectivity index (χ2v) is 11.3. The highest BCUT2D eigenvalue weighted by atomic mass is 35.5. The molecular weight excluding hydrogens is 540 g/mol. The van der Waals surface area contributed by atoms with Crippen LogP contribution in [-0.4, -0.2) is 57.9 Å². The summed E-state index contributed by atoms with van der Waals surface area (Å²) in [6.45, 7) is 1.53. The molecule has 3 aromatic carbocycles. The van der Waals surface area contributed by atoms with Crippen LogP contribution in [0.15, 0.2) is 60.7 Å². The standard InChI is InChI=1S/C31H33ClN6O3/c1-37-27-10-5-20(14-26(27)35-36-37)17-34-30(39)28-15-21(13-19-3-7-24(41-2)8-4-19)18-38(28)31(40)29-25-9-6-23(32)16-22(25)11-12-33-29/h3-10,14,16,21,28-29,33H,11-13,15,17-18H2,1-2H3,(H,34,39). The quantitative estimate of drug-likeness (QED) is 0.351. The molecule has 2 aliphatic heterocycles. The van der Waals surface area contributed by atoms with Crippen LogP contribution in [0, 0.1) is 5.92 Å². The Morgan fingerprint density at radius 3 is 2.71 bits per heavy atom. The summed E-state index contributed by atoms with van der Waals surface area (Å²) in [5.41, 5.74) is 5.79. The van der Waals surface area contributed by atoms with E-state index in [1.165, 1.54) is 0 Å². The first kappa shape index (κ1) is 27.2. The van der Waals surface area contributed by atoms with Crippen LogP contribution in [0.2, 0.25) is 5.02 Å². The largest absolute Gasteiger partial charge is 0.497 e. The topological polar surface area (TPSA) is 101 Å². The number of aryl methyl sites for hydroxylation is 1. The average Bonchev–Trinajstić information content (AvgIpc) is 3.58. The molecule has 41 heavy (non-hydrogen) atoms.